The summed E-state index contributed by atoms with van der Waals surface area (Å²) in [6.45, 7) is 27.4. The quantitative estimate of drug-likeness (QED) is 0.209. The first-order valence-corrected chi connectivity index (χ1v) is 19.1. The number of carboxylic acids is 1. The van der Waals surface area contributed by atoms with Gasteiger partial charge in [-0.1, -0.05) is 86.0 Å². The van der Waals surface area contributed by atoms with E-state index >= 15 is 0 Å². The summed E-state index contributed by atoms with van der Waals surface area (Å²) >= 11 is 0. The molecule has 278 valence electrons. The van der Waals surface area contributed by atoms with Gasteiger partial charge in [-0.2, -0.15) is 5.21 Å². The lowest BCUT2D eigenvalue weighted by Crippen LogP contribution is -2.69. The van der Waals surface area contributed by atoms with Crippen LogP contribution < -0.4 is 11.1 Å². The minimum atomic E-state index is -0.588. The highest BCUT2D eigenvalue weighted by Crippen LogP contribution is 2.75. The van der Waals surface area contributed by atoms with Crippen molar-refractivity contribution in [2.24, 2.45) is 74.2 Å². The van der Waals surface area contributed by atoms with Crippen LogP contribution in [0.1, 0.15) is 115 Å². The maximum Gasteiger partial charge on any atom is 0.307 e. The van der Waals surface area contributed by atoms with Gasteiger partial charge in [0.2, 0.25) is 0 Å². The van der Waals surface area contributed by atoms with Crippen LogP contribution in [0.2, 0.25) is 0 Å². The Kier molecular flexibility index (Phi) is 10.3. The van der Waals surface area contributed by atoms with E-state index in [4.69, 9.17) is 15.2 Å². The van der Waals surface area contributed by atoms with Crippen molar-refractivity contribution < 1.29 is 19.4 Å². The summed E-state index contributed by atoms with van der Waals surface area (Å²) in [5.74, 6) is 2.08. The lowest BCUT2D eigenvalue weighted by atomic mass is 9.34. The van der Waals surface area contributed by atoms with Gasteiger partial charge >= 0.3 is 5.97 Å². The average Bonchev–Trinajstić information content (AvgIpc) is 3.55. The minimum Gasteiger partial charge on any atom is -0.481 e. The van der Waals surface area contributed by atoms with Gasteiger partial charge < -0.3 is 25.6 Å². The van der Waals surface area contributed by atoms with Crippen LogP contribution in [0.25, 0.3) is 0 Å². The topological polar surface area (TPSA) is 148 Å². The summed E-state index contributed by atoms with van der Waals surface area (Å²) in [4.78, 5) is 13.3. The molecule has 4 aliphatic carbocycles. The number of aliphatic carboxylic acids is 1. The molecule has 2 bridgehead atoms. The van der Waals surface area contributed by atoms with Crippen LogP contribution in [0.4, 0.5) is 5.95 Å². The number of carbonyl (C=O) groups is 1. The Balaban J connectivity index is 0.000000595. The number of fused-ring (bicyclic) bond motifs is 3. The lowest BCUT2D eigenvalue weighted by molar-refractivity contribution is -0.253. The maximum atomic E-state index is 13.3. The Morgan fingerprint density at radius 2 is 1.84 bits per heavy atom. The van der Waals surface area contributed by atoms with Crippen LogP contribution >= 0.6 is 0 Å². The predicted octanol–water partition coefficient (Wildman–Crippen LogP) is 7.21. The smallest absolute Gasteiger partial charge is 0.307 e. The Morgan fingerprint density at radius 3 is 2.39 bits per heavy atom. The Hall–Kier alpha value is -2.04. The number of nitrogens with one attached hydrogen (secondary N) is 2. The minimum absolute atomic E-state index is 0.0221. The molecule has 12 atom stereocenters. The second-order valence-corrected chi connectivity index (χ2v) is 18.9. The zero-order chi connectivity index (χ0) is 36.4. The molecule has 5 N–H and O–H groups in total. The number of hydrogen-bond donors (Lipinski definition) is 4. The molecule has 10 heteroatoms. The first kappa shape index (κ1) is 38.2. The molecule has 1 aromatic rings. The Labute approximate surface area is 295 Å². The van der Waals surface area contributed by atoms with Gasteiger partial charge in [-0.25, -0.2) is 0 Å². The number of anilines is 1. The van der Waals surface area contributed by atoms with Crippen molar-refractivity contribution in [3.05, 3.63) is 11.6 Å². The van der Waals surface area contributed by atoms with Gasteiger partial charge in [-0.15, -0.1) is 5.10 Å². The summed E-state index contributed by atoms with van der Waals surface area (Å²) in [5.41, 5.74) is 7.38. The van der Waals surface area contributed by atoms with E-state index < -0.39 is 5.97 Å². The third-order valence-electron chi connectivity index (χ3n) is 15.8. The fourth-order valence-electron chi connectivity index (χ4n) is 12.1. The van der Waals surface area contributed by atoms with Crippen molar-refractivity contribution in [3.63, 3.8) is 0 Å². The van der Waals surface area contributed by atoms with E-state index in [1.807, 2.05) is 0 Å². The van der Waals surface area contributed by atoms with Crippen LogP contribution in [-0.2, 0) is 14.3 Å². The first-order chi connectivity index (χ1) is 22.7. The number of carboxylic acid groups (broad SMARTS) is 1. The molecular formula is C39H68N6O4. The summed E-state index contributed by atoms with van der Waals surface area (Å²) in [5, 5.41) is 26.3. The van der Waals surface area contributed by atoms with Gasteiger partial charge in [0.25, 0.3) is 5.95 Å². The zero-order valence-electron chi connectivity index (χ0n) is 32.7. The van der Waals surface area contributed by atoms with Crippen molar-refractivity contribution in [1.29, 1.82) is 0 Å². The van der Waals surface area contributed by atoms with Gasteiger partial charge in [0.05, 0.1) is 31.8 Å². The summed E-state index contributed by atoms with van der Waals surface area (Å²) < 4.78 is 13.4. The Bertz CT molecular complexity index is 1360. The van der Waals surface area contributed by atoms with Gasteiger partial charge in [0, 0.05) is 23.4 Å². The number of H-pyrrole nitrogens is 1. The number of ether oxygens (including phenoxy) is 2. The molecular weight excluding hydrogens is 616 g/mol. The van der Waals surface area contributed by atoms with Gasteiger partial charge in [-0.05, 0) is 102 Å². The number of aromatic amines is 1. The standard InChI is InChI=1S/C37H63NO4.C2H5N5/c1-22(2)25(6)32(7)16-17-34(9)26-12-13-28-33(8)19-41-21-37(28,27(26)14-15-35(34,10)29(32)31(39)40)18-24(5)30(33)42-20-36(11,38)23(3)4;1-3-2-4-6-7-5-2/h14,22-26,28-30H,12-13,15-21,38H2,1-11H3,(H,39,40);1H3,(H2,3,4,5,6,7)/t24-,25-,26+,28+,29-,30+,32-,33+,34-,35+,36?,37+;/m1./s1. The zero-order valence-corrected chi connectivity index (χ0v) is 32.7. The molecule has 0 radical (unpaired) electrons. The number of hydrogen-bond acceptors (Lipinski definition) is 8. The van der Waals surface area contributed by atoms with E-state index in [9.17, 15) is 9.90 Å². The molecule has 0 amide bonds. The predicted molar refractivity (Wildman–Crippen MR) is 194 cm³/mol. The summed E-state index contributed by atoms with van der Waals surface area (Å²) in [7, 11) is 1.73. The number of nitrogens with zero attached hydrogens (tertiary/aromatic N) is 3. The molecule has 4 fully saturated rings. The normalized spacial score (nSPS) is 43.2. The summed E-state index contributed by atoms with van der Waals surface area (Å²) in [6, 6.07) is 0. The SMILES string of the molecule is CC(C)[C@@H](C)[C@@]1(C)CC[C@]2(C)[C@H]3CC[C@@H]4[C@@]5(COC[C@]4(C)[C@@H](OCC(C)(N)C(C)C)[C@H](C)C5)C3=CC[C@@]2(C)[C@@H]1C(=O)O.CNc1nn[nH]n1. The summed E-state index contributed by atoms with van der Waals surface area (Å²) in [6.07, 6.45) is 9.03. The third-order valence-corrected chi connectivity index (χ3v) is 15.8. The molecule has 2 heterocycles. The van der Waals surface area contributed by atoms with Crippen molar-refractivity contribution >= 4 is 11.9 Å². The molecule has 1 aromatic heterocycles. The number of nitrogens with two attached hydrogens (primary N) is 1. The van der Waals surface area contributed by atoms with Gasteiger partial charge in [0.1, 0.15) is 0 Å². The number of tetrazole rings is 1. The van der Waals surface area contributed by atoms with Crippen LogP contribution in [0.3, 0.4) is 0 Å². The fourth-order valence-corrected chi connectivity index (χ4v) is 12.1. The molecule has 5 aliphatic rings. The lowest BCUT2D eigenvalue weighted by Gasteiger charge is -2.71. The number of allylic oxidation sites excluding steroid dienone is 1. The van der Waals surface area contributed by atoms with E-state index in [1.165, 1.54) is 6.42 Å². The number of aromatic nitrogens is 4. The monoisotopic (exact) mass is 685 g/mol. The molecule has 1 saturated heterocycles. The highest BCUT2D eigenvalue weighted by Gasteiger charge is 2.71. The molecule has 3 saturated carbocycles. The van der Waals surface area contributed by atoms with Crippen LogP contribution in [0.5, 0.6) is 0 Å². The molecule has 49 heavy (non-hydrogen) atoms. The number of rotatable bonds is 8. The molecule has 0 aromatic carbocycles. The van der Waals surface area contributed by atoms with Crippen LogP contribution in [-0.4, -0.2) is 70.2 Å². The molecule has 10 nitrogen and oxygen atoms in total. The van der Waals surface area contributed by atoms with Crippen molar-refractivity contribution in [1.82, 2.24) is 20.6 Å². The second kappa shape index (κ2) is 13.2. The van der Waals surface area contributed by atoms with Crippen molar-refractivity contribution in [3.8, 4) is 0 Å². The first-order valence-electron chi connectivity index (χ1n) is 19.1. The van der Waals surface area contributed by atoms with Crippen molar-refractivity contribution in [2.45, 2.75) is 126 Å². The average molecular weight is 685 g/mol. The molecule has 1 aliphatic heterocycles. The van der Waals surface area contributed by atoms with E-state index in [2.05, 4.69) is 108 Å². The van der Waals surface area contributed by atoms with E-state index in [0.29, 0.717) is 48.1 Å². The highest BCUT2D eigenvalue weighted by atomic mass is 16.5. The van der Waals surface area contributed by atoms with Gasteiger partial charge in [0.15, 0.2) is 0 Å². The van der Waals surface area contributed by atoms with Crippen LogP contribution in [0, 0.1) is 68.5 Å². The molecule has 1 unspecified atom stereocenters. The largest absolute Gasteiger partial charge is 0.481 e. The van der Waals surface area contributed by atoms with E-state index in [0.717, 1.165) is 45.3 Å². The van der Waals surface area contributed by atoms with E-state index in [-0.39, 0.29) is 44.6 Å². The Morgan fingerprint density at radius 1 is 1.14 bits per heavy atom. The maximum absolute atomic E-state index is 13.3. The highest BCUT2D eigenvalue weighted by molar-refractivity contribution is 5.73. The second-order valence-electron chi connectivity index (χ2n) is 18.9. The van der Waals surface area contributed by atoms with Crippen LogP contribution in [0.15, 0.2) is 11.6 Å². The molecule has 0 spiro atoms. The third kappa shape index (κ3) is 5.87. The van der Waals surface area contributed by atoms with E-state index in [1.54, 1.807) is 12.6 Å². The molecule has 6 rings (SSSR count). The van der Waals surface area contributed by atoms with Crippen molar-refractivity contribution in [2.75, 3.05) is 32.2 Å². The van der Waals surface area contributed by atoms with Gasteiger partial charge in [-0.3, -0.25) is 4.79 Å². The fraction of sp³-hybridized carbons (Fsp3) is 0.897.